The van der Waals surface area contributed by atoms with Crippen LogP contribution >= 0.6 is 0 Å². The molecule has 1 heterocycles. The Morgan fingerprint density at radius 1 is 1.28 bits per heavy atom. The maximum absolute atomic E-state index is 14.6. The standard InChI is InChI=1S/C22H21FN2O4/c23-18-9-16-19(25(15-6-7-15)11-17(21(16)26)22(27)28)10-20(18)29-12-14(24)8-13-4-2-1-3-5-13/h1-5,9-11,14-15H,6-8,12,24H2,(H,27,28). The summed E-state index contributed by atoms with van der Waals surface area (Å²) in [5.41, 5.74) is 6.59. The van der Waals surface area contributed by atoms with Crippen molar-refractivity contribution in [2.45, 2.75) is 31.3 Å². The Morgan fingerprint density at radius 2 is 2.00 bits per heavy atom. The monoisotopic (exact) mass is 396 g/mol. The highest BCUT2D eigenvalue weighted by Crippen LogP contribution is 2.38. The molecule has 4 rings (SSSR count). The summed E-state index contributed by atoms with van der Waals surface area (Å²) >= 11 is 0. The van der Waals surface area contributed by atoms with Gasteiger partial charge in [-0.15, -0.1) is 0 Å². The largest absolute Gasteiger partial charge is 0.489 e. The first-order valence-corrected chi connectivity index (χ1v) is 9.48. The number of benzene rings is 2. The molecule has 0 bridgehead atoms. The zero-order chi connectivity index (χ0) is 20.5. The molecule has 1 aliphatic carbocycles. The van der Waals surface area contributed by atoms with Crippen molar-refractivity contribution in [3.63, 3.8) is 0 Å². The molecule has 3 aromatic rings. The summed E-state index contributed by atoms with van der Waals surface area (Å²) in [6.45, 7) is 0.109. The van der Waals surface area contributed by atoms with Crippen molar-refractivity contribution in [2.24, 2.45) is 5.73 Å². The van der Waals surface area contributed by atoms with Gasteiger partial charge in [-0.25, -0.2) is 9.18 Å². The SMILES string of the molecule is NC(COc1cc2c(cc1F)c(=O)c(C(=O)O)cn2C1CC1)Cc1ccccc1. The molecule has 0 amide bonds. The fourth-order valence-corrected chi connectivity index (χ4v) is 3.44. The predicted octanol–water partition coefficient (Wildman–Crippen LogP) is 3.12. The van der Waals surface area contributed by atoms with E-state index in [4.69, 9.17) is 10.5 Å². The van der Waals surface area contributed by atoms with Crippen LogP contribution in [0.2, 0.25) is 0 Å². The second-order valence-corrected chi connectivity index (χ2v) is 7.38. The van der Waals surface area contributed by atoms with Crippen molar-refractivity contribution in [1.82, 2.24) is 4.57 Å². The van der Waals surface area contributed by atoms with E-state index in [-0.39, 0.29) is 35.4 Å². The Labute approximate surface area is 166 Å². The van der Waals surface area contributed by atoms with Gasteiger partial charge in [0, 0.05) is 29.7 Å². The van der Waals surface area contributed by atoms with Crippen LogP contribution in [-0.4, -0.2) is 28.3 Å². The van der Waals surface area contributed by atoms with Crippen molar-refractivity contribution < 1.29 is 19.0 Å². The minimum Gasteiger partial charge on any atom is -0.489 e. The Hall–Kier alpha value is -3.19. The van der Waals surface area contributed by atoms with Crippen LogP contribution in [0.3, 0.4) is 0 Å². The van der Waals surface area contributed by atoms with Crippen molar-refractivity contribution in [1.29, 1.82) is 0 Å². The van der Waals surface area contributed by atoms with E-state index in [1.807, 2.05) is 30.3 Å². The van der Waals surface area contributed by atoms with Gasteiger partial charge in [-0.3, -0.25) is 4.79 Å². The van der Waals surface area contributed by atoms with Gasteiger partial charge in [0.1, 0.15) is 12.2 Å². The van der Waals surface area contributed by atoms with Gasteiger partial charge in [0.15, 0.2) is 11.6 Å². The average Bonchev–Trinajstić information content (AvgIpc) is 3.53. The number of carboxylic acid groups (broad SMARTS) is 1. The lowest BCUT2D eigenvalue weighted by molar-refractivity contribution is 0.0695. The van der Waals surface area contributed by atoms with Gasteiger partial charge in [-0.1, -0.05) is 30.3 Å². The fourth-order valence-electron chi connectivity index (χ4n) is 3.44. The van der Waals surface area contributed by atoms with E-state index >= 15 is 0 Å². The smallest absolute Gasteiger partial charge is 0.341 e. The number of fused-ring (bicyclic) bond motifs is 1. The summed E-state index contributed by atoms with van der Waals surface area (Å²) in [6.07, 6.45) is 3.69. The van der Waals surface area contributed by atoms with Crippen molar-refractivity contribution in [3.05, 3.63) is 75.8 Å². The lowest BCUT2D eigenvalue weighted by atomic mass is 10.1. The minimum atomic E-state index is -1.32. The van der Waals surface area contributed by atoms with Crippen LogP contribution in [0.4, 0.5) is 4.39 Å². The van der Waals surface area contributed by atoms with Crippen molar-refractivity contribution in [2.75, 3.05) is 6.61 Å². The molecule has 1 aromatic heterocycles. The molecule has 1 saturated carbocycles. The van der Waals surface area contributed by atoms with E-state index in [0.717, 1.165) is 24.5 Å². The van der Waals surface area contributed by atoms with Crippen LogP contribution < -0.4 is 15.9 Å². The molecule has 2 aromatic carbocycles. The zero-order valence-electron chi connectivity index (χ0n) is 15.7. The first kappa shape index (κ1) is 19.1. The van der Waals surface area contributed by atoms with Crippen LogP contribution in [0.5, 0.6) is 5.75 Å². The Morgan fingerprint density at radius 3 is 2.66 bits per heavy atom. The molecule has 0 spiro atoms. The number of nitrogens with two attached hydrogens (primary N) is 1. The third-order valence-corrected chi connectivity index (χ3v) is 5.05. The molecule has 7 heteroatoms. The quantitative estimate of drug-likeness (QED) is 0.640. The van der Waals surface area contributed by atoms with Crippen LogP contribution in [0.15, 0.2) is 53.5 Å². The summed E-state index contributed by atoms with van der Waals surface area (Å²) in [6, 6.07) is 12.0. The van der Waals surface area contributed by atoms with E-state index in [0.29, 0.717) is 11.9 Å². The second-order valence-electron chi connectivity index (χ2n) is 7.38. The predicted molar refractivity (Wildman–Crippen MR) is 107 cm³/mol. The summed E-state index contributed by atoms with van der Waals surface area (Å²) in [5, 5.41) is 9.33. The lowest BCUT2D eigenvalue weighted by Crippen LogP contribution is -2.30. The second kappa shape index (κ2) is 7.67. The van der Waals surface area contributed by atoms with E-state index < -0.39 is 17.2 Å². The zero-order valence-corrected chi connectivity index (χ0v) is 15.7. The number of carbonyl (C=O) groups is 1. The summed E-state index contributed by atoms with van der Waals surface area (Å²) < 4.78 is 21.9. The molecule has 0 aliphatic heterocycles. The van der Waals surface area contributed by atoms with Gasteiger partial charge in [0.2, 0.25) is 5.43 Å². The van der Waals surface area contributed by atoms with Gasteiger partial charge >= 0.3 is 5.97 Å². The molecule has 3 N–H and O–H groups in total. The highest BCUT2D eigenvalue weighted by molar-refractivity contribution is 5.93. The summed E-state index contributed by atoms with van der Waals surface area (Å²) in [7, 11) is 0. The first-order valence-electron chi connectivity index (χ1n) is 9.48. The average molecular weight is 396 g/mol. The van der Waals surface area contributed by atoms with E-state index in [2.05, 4.69) is 0 Å². The number of aromatic carboxylic acids is 1. The van der Waals surface area contributed by atoms with Gasteiger partial charge in [-0.05, 0) is 30.9 Å². The van der Waals surface area contributed by atoms with Gasteiger partial charge < -0.3 is 20.1 Å². The van der Waals surface area contributed by atoms with Gasteiger partial charge in [-0.2, -0.15) is 0 Å². The maximum Gasteiger partial charge on any atom is 0.341 e. The normalized spacial score (nSPS) is 14.7. The number of carboxylic acids is 1. The molecule has 1 atom stereocenters. The molecule has 29 heavy (non-hydrogen) atoms. The minimum absolute atomic E-state index is 0.00196. The number of aromatic nitrogens is 1. The van der Waals surface area contributed by atoms with E-state index in [1.54, 1.807) is 4.57 Å². The molecule has 1 fully saturated rings. The van der Waals surface area contributed by atoms with Crippen molar-refractivity contribution in [3.8, 4) is 5.75 Å². The molecule has 150 valence electrons. The number of nitrogens with zero attached hydrogens (tertiary/aromatic N) is 1. The molecule has 1 unspecified atom stereocenters. The third kappa shape index (κ3) is 4.00. The van der Waals surface area contributed by atoms with Crippen LogP contribution in [-0.2, 0) is 6.42 Å². The molecule has 1 aliphatic rings. The fraction of sp³-hybridized carbons (Fsp3) is 0.273. The van der Waals surface area contributed by atoms with Gasteiger partial charge in [0.05, 0.1) is 5.52 Å². The number of hydrogen-bond acceptors (Lipinski definition) is 4. The highest BCUT2D eigenvalue weighted by atomic mass is 19.1. The summed E-state index contributed by atoms with van der Waals surface area (Å²) in [5.74, 6) is -2.04. The summed E-state index contributed by atoms with van der Waals surface area (Å²) in [4.78, 5) is 23.9. The third-order valence-electron chi connectivity index (χ3n) is 5.05. The Bertz CT molecular complexity index is 1120. The number of rotatable bonds is 7. The molecule has 0 radical (unpaired) electrons. The van der Waals surface area contributed by atoms with Crippen LogP contribution in [0, 0.1) is 5.82 Å². The number of halogens is 1. The number of ether oxygens (including phenoxy) is 1. The van der Waals surface area contributed by atoms with E-state index in [1.165, 1.54) is 12.3 Å². The topological polar surface area (TPSA) is 94.6 Å². The highest BCUT2D eigenvalue weighted by Gasteiger charge is 2.27. The molecular weight excluding hydrogens is 375 g/mol. The number of pyridine rings is 1. The van der Waals surface area contributed by atoms with E-state index in [9.17, 15) is 19.1 Å². The molecular formula is C22H21FN2O4. The molecule has 0 saturated heterocycles. The maximum atomic E-state index is 14.6. The van der Waals surface area contributed by atoms with Crippen molar-refractivity contribution >= 4 is 16.9 Å². The Balaban J connectivity index is 1.63. The van der Waals surface area contributed by atoms with Gasteiger partial charge in [0.25, 0.3) is 0 Å². The number of hydrogen-bond donors (Lipinski definition) is 2. The Kier molecular flexibility index (Phi) is 5.07. The van der Waals surface area contributed by atoms with Crippen LogP contribution in [0.1, 0.15) is 34.8 Å². The van der Waals surface area contributed by atoms with Crippen LogP contribution in [0.25, 0.3) is 10.9 Å². The lowest BCUT2D eigenvalue weighted by Gasteiger charge is -2.16. The molecule has 6 nitrogen and oxygen atoms in total. The first-order chi connectivity index (χ1) is 13.9.